The van der Waals surface area contributed by atoms with Crippen molar-refractivity contribution in [3.63, 3.8) is 0 Å². The van der Waals surface area contributed by atoms with E-state index in [1.807, 2.05) is 12.1 Å². The molecule has 2 aromatic rings. The SMILES string of the molecule is NCC(=O)c1ccc(NC(=O)CSc2ccc(Cl)cc2)cc1. The maximum absolute atomic E-state index is 11.9. The molecule has 0 saturated heterocycles. The number of nitrogens with one attached hydrogen (secondary N) is 1. The number of halogens is 1. The first-order valence-corrected chi connectivity index (χ1v) is 7.96. The van der Waals surface area contributed by atoms with Crippen molar-refractivity contribution in [2.24, 2.45) is 5.73 Å². The van der Waals surface area contributed by atoms with Gasteiger partial charge in [-0.25, -0.2) is 0 Å². The first-order chi connectivity index (χ1) is 10.6. The molecule has 114 valence electrons. The first-order valence-electron chi connectivity index (χ1n) is 6.60. The second-order valence-electron chi connectivity index (χ2n) is 4.50. The number of anilines is 1. The Labute approximate surface area is 138 Å². The Morgan fingerprint density at radius 1 is 1.05 bits per heavy atom. The van der Waals surface area contributed by atoms with E-state index in [0.29, 0.717) is 22.0 Å². The van der Waals surface area contributed by atoms with Gasteiger partial charge in [0.15, 0.2) is 5.78 Å². The Morgan fingerprint density at radius 2 is 1.68 bits per heavy atom. The van der Waals surface area contributed by atoms with Crippen molar-refractivity contribution in [1.82, 2.24) is 0 Å². The van der Waals surface area contributed by atoms with Crippen molar-refractivity contribution in [3.05, 3.63) is 59.1 Å². The zero-order valence-electron chi connectivity index (χ0n) is 11.7. The Kier molecular flexibility index (Phi) is 6.00. The predicted octanol–water partition coefficient (Wildman–Crippen LogP) is 3.21. The van der Waals surface area contributed by atoms with Gasteiger partial charge in [-0.15, -0.1) is 11.8 Å². The summed E-state index contributed by atoms with van der Waals surface area (Å²) in [6.45, 7) is -0.0244. The molecule has 0 aromatic heterocycles. The number of ketones is 1. The Hall–Kier alpha value is -1.82. The molecule has 0 atom stereocenters. The van der Waals surface area contributed by atoms with E-state index < -0.39 is 0 Å². The number of hydrogen-bond acceptors (Lipinski definition) is 4. The fourth-order valence-corrected chi connectivity index (χ4v) is 2.56. The third-order valence-corrected chi connectivity index (χ3v) is 4.12. The van der Waals surface area contributed by atoms with Gasteiger partial charge in [0.25, 0.3) is 0 Å². The molecule has 0 heterocycles. The van der Waals surface area contributed by atoms with Crippen LogP contribution in [0.1, 0.15) is 10.4 Å². The lowest BCUT2D eigenvalue weighted by molar-refractivity contribution is -0.113. The molecule has 0 aliphatic heterocycles. The molecule has 6 heteroatoms. The van der Waals surface area contributed by atoms with Crippen LogP contribution in [0.15, 0.2) is 53.4 Å². The van der Waals surface area contributed by atoms with E-state index in [4.69, 9.17) is 17.3 Å². The average molecular weight is 335 g/mol. The fraction of sp³-hybridized carbons (Fsp3) is 0.125. The average Bonchev–Trinajstić information content (AvgIpc) is 2.54. The standard InChI is InChI=1S/C16H15ClN2O2S/c17-12-3-7-14(8-4-12)22-10-16(21)19-13-5-1-11(2-6-13)15(20)9-18/h1-8H,9-10,18H2,(H,19,21). The summed E-state index contributed by atoms with van der Waals surface area (Å²) in [5, 5.41) is 3.45. The van der Waals surface area contributed by atoms with Crippen LogP contribution in [0.5, 0.6) is 0 Å². The second kappa shape index (κ2) is 7.98. The highest BCUT2D eigenvalue weighted by Gasteiger charge is 2.06. The van der Waals surface area contributed by atoms with Gasteiger partial charge in [0.1, 0.15) is 0 Å². The van der Waals surface area contributed by atoms with Gasteiger partial charge in [0, 0.05) is 21.2 Å². The van der Waals surface area contributed by atoms with Gasteiger partial charge in [-0.05, 0) is 48.5 Å². The van der Waals surface area contributed by atoms with Crippen molar-refractivity contribution in [2.75, 3.05) is 17.6 Å². The van der Waals surface area contributed by atoms with E-state index in [0.717, 1.165) is 4.90 Å². The van der Waals surface area contributed by atoms with Crippen LogP contribution in [0.4, 0.5) is 5.69 Å². The summed E-state index contributed by atoms with van der Waals surface area (Å²) in [5.74, 6) is 0.0551. The predicted molar refractivity (Wildman–Crippen MR) is 90.6 cm³/mol. The van der Waals surface area contributed by atoms with Gasteiger partial charge in [-0.1, -0.05) is 11.6 Å². The summed E-state index contributed by atoms with van der Waals surface area (Å²) < 4.78 is 0. The van der Waals surface area contributed by atoms with E-state index in [9.17, 15) is 9.59 Å². The van der Waals surface area contributed by atoms with Crippen molar-refractivity contribution in [3.8, 4) is 0 Å². The number of amides is 1. The number of benzene rings is 2. The number of rotatable bonds is 6. The van der Waals surface area contributed by atoms with Crippen LogP contribution in [0.25, 0.3) is 0 Å². The normalized spacial score (nSPS) is 10.3. The highest BCUT2D eigenvalue weighted by Crippen LogP contribution is 2.20. The van der Waals surface area contributed by atoms with Gasteiger partial charge in [-0.2, -0.15) is 0 Å². The summed E-state index contributed by atoms with van der Waals surface area (Å²) in [4.78, 5) is 24.3. The number of hydrogen-bond donors (Lipinski definition) is 2. The van der Waals surface area contributed by atoms with Crippen LogP contribution in [0.3, 0.4) is 0 Å². The first kappa shape index (κ1) is 16.5. The van der Waals surface area contributed by atoms with E-state index in [-0.39, 0.29) is 18.2 Å². The molecule has 2 rings (SSSR count). The highest BCUT2D eigenvalue weighted by molar-refractivity contribution is 8.00. The van der Waals surface area contributed by atoms with Crippen molar-refractivity contribution < 1.29 is 9.59 Å². The van der Waals surface area contributed by atoms with Gasteiger partial charge >= 0.3 is 0 Å². The molecular weight excluding hydrogens is 320 g/mol. The van der Waals surface area contributed by atoms with E-state index >= 15 is 0 Å². The third kappa shape index (κ3) is 4.87. The highest BCUT2D eigenvalue weighted by atomic mass is 35.5. The number of nitrogens with two attached hydrogens (primary N) is 1. The minimum atomic E-state index is -0.129. The molecule has 0 fully saturated rings. The maximum atomic E-state index is 11.9. The minimum Gasteiger partial charge on any atom is -0.325 e. The molecule has 0 spiro atoms. The Bertz CT molecular complexity index is 657. The van der Waals surface area contributed by atoms with Crippen LogP contribution in [0.2, 0.25) is 5.02 Å². The summed E-state index contributed by atoms with van der Waals surface area (Å²) in [5.41, 5.74) is 6.48. The zero-order valence-corrected chi connectivity index (χ0v) is 13.3. The van der Waals surface area contributed by atoms with Crippen LogP contribution < -0.4 is 11.1 Å². The molecular formula is C16H15ClN2O2S. The summed E-state index contributed by atoms with van der Waals surface area (Å²) in [6, 6.07) is 14.0. The largest absolute Gasteiger partial charge is 0.325 e. The summed E-state index contributed by atoms with van der Waals surface area (Å²) in [7, 11) is 0. The van der Waals surface area contributed by atoms with Crippen LogP contribution in [-0.2, 0) is 4.79 Å². The molecule has 2 aromatic carbocycles. The monoisotopic (exact) mass is 334 g/mol. The quantitative estimate of drug-likeness (QED) is 0.628. The molecule has 0 bridgehead atoms. The molecule has 0 aliphatic rings. The van der Waals surface area contributed by atoms with Gasteiger partial charge in [0.2, 0.25) is 5.91 Å². The maximum Gasteiger partial charge on any atom is 0.234 e. The third-order valence-electron chi connectivity index (χ3n) is 2.86. The minimum absolute atomic E-state index is 0.0244. The molecule has 0 aliphatic carbocycles. The molecule has 3 N–H and O–H groups in total. The lowest BCUT2D eigenvalue weighted by Crippen LogP contribution is -2.15. The molecule has 0 radical (unpaired) electrons. The van der Waals surface area contributed by atoms with Crippen molar-refractivity contribution in [2.45, 2.75) is 4.90 Å². The number of carbonyl (C=O) groups is 2. The number of Topliss-reactive ketones (excluding diaryl/α,β-unsaturated/α-hetero) is 1. The van der Waals surface area contributed by atoms with Crippen molar-refractivity contribution in [1.29, 1.82) is 0 Å². The molecule has 0 saturated carbocycles. The van der Waals surface area contributed by atoms with Gasteiger partial charge in [-0.3, -0.25) is 9.59 Å². The van der Waals surface area contributed by atoms with Crippen LogP contribution >= 0.6 is 23.4 Å². The van der Waals surface area contributed by atoms with Crippen LogP contribution in [0, 0.1) is 0 Å². The molecule has 1 amide bonds. The smallest absolute Gasteiger partial charge is 0.234 e. The van der Waals surface area contributed by atoms with E-state index in [1.165, 1.54) is 11.8 Å². The van der Waals surface area contributed by atoms with Crippen LogP contribution in [-0.4, -0.2) is 24.0 Å². The summed E-state index contributed by atoms with van der Waals surface area (Å²) in [6.07, 6.45) is 0. The molecule has 4 nitrogen and oxygen atoms in total. The number of thioether (sulfide) groups is 1. The fourth-order valence-electron chi connectivity index (χ4n) is 1.73. The molecule has 22 heavy (non-hydrogen) atoms. The Balaban J connectivity index is 1.86. The summed E-state index contributed by atoms with van der Waals surface area (Å²) >= 11 is 7.23. The lowest BCUT2D eigenvalue weighted by Gasteiger charge is -2.06. The van der Waals surface area contributed by atoms with E-state index in [1.54, 1.807) is 36.4 Å². The lowest BCUT2D eigenvalue weighted by atomic mass is 10.1. The molecule has 0 unspecified atom stereocenters. The Morgan fingerprint density at radius 3 is 2.27 bits per heavy atom. The van der Waals surface area contributed by atoms with Gasteiger partial charge in [0.05, 0.1) is 12.3 Å². The number of carbonyl (C=O) groups excluding carboxylic acids is 2. The topological polar surface area (TPSA) is 72.2 Å². The van der Waals surface area contributed by atoms with Crippen molar-refractivity contribution >= 4 is 40.7 Å². The van der Waals surface area contributed by atoms with E-state index in [2.05, 4.69) is 5.32 Å². The second-order valence-corrected chi connectivity index (χ2v) is 5.98. The zero-order chi connectivity index (χ0) is 15.9. The van der Waals surface area contributed by atoms with Gasteiger partial charge < -0.3 is 11.1 Å².